The first kappa shape index (κ1) is 18.8. The Morgan fingerprint density at radius 3 is 3.04 bits per heavy atom. The standard InChI is InChI=1S/C20H24N4O.ClH/c1-14-8-10-22-18(23-14)15-5-4-7-17(11-15)24-19(25)20-9-3-2-6-16(20)12-21-13-20;/h4-5,7-8,10-11,16,21H,2-3,6,9,12-13H2,1H3,(H,24,25);1H/t16-,20+;/m0./s1. The van der Waals surface area contributed by atoms with Gasteiger partial charge in [-0.3, -0.25) is 4.79 Å². The highest BCUT2D eigenvalue weighted by molar-refractivity contribution is 5.96. The summed E-state index contributed by atoms with van der Waals surface area (Å²) in [7, 11) is 0. The number of fused-ring (bicyclic) bond motifs is 1. The molecule has 1 saturated carbocycles. The molecule has 0 unspecified atom stereocenters. The summed E-state index contributed by atoms with van der Waals surface area (Å²) in [5, 5.41) is 6.60. The summed E-state index contributed by atoms with van der Waals surface area (Å²) < 4.78 is 0. The van der Waals surface area contributed by atoms with Gasteiger partial charge < -0.3 is 10.6 Å². The minimum absolute atomic E-state index is 0. The van der Waals surface area contributed by atoms with Crippen LogP contribution in [0.3, 0.4) is 0 Å². The second-order valence-corrected chi connectivity index (χ2v) is 7.29. The Morgan fingerprint density at radius 2 is 2.19 bits per heavy atom. The van der Waals surface area contributed by atoms with Gasteiger partial charge in [0.2, 0.25) is 5.91 Å². The van der Waals surface area contributed by atoms with E-state index in [-0.39, 0.29) is 23.7 Å². The summed E-state index contributed by atoms with van der Waals surface area (Å²) in [5.41, 5.74) is 2.43. The minimum atomic E-state index is -0.242. The third-order valence-corrected chi connectivity index (χ3v) is 5.66. The smallest absolute Gasteiger partial charge is 0.232 e. The fourth-order valence-corrected chi connectivity index (χ4v) is 4.27. The van der Waals surface area contributed by atoms with E-state index < -0.39 is 0 Å². The Bertz CT molecular complexity index is 797. The summed E-state index contributed by atoms with van der Waals surface area (Å²) in [6.45, 7) is 3.71. The van der Waals surface area contributed by atoms with Crippen molar-refractivity contribution in [3.8, 4) is 11.4 Å². The van der Waals surface area contributed by atoms with Crippen LogP contribution < -0.4 is 10.6 Å². The van der Waals surface area contributed by atoms with E-state index in [4.69, 9.17) is 0 Å². The Balaban J connectivity index is 0.00000196. The van der Waals surface area contributed by atoms with Gasteiger partial charge in [-0.15, -0.1) is 12.4 Å². The van der Waals surface area contributed by atoms with Gasteiger partial charge >= 0.3 is 0 Å². The summed E-state index contributed by atoms with van der Waals surface area (Å²) in [5.74, 6) is 1.31. The van der Waals surface area contributed by atoms with Gasteiger partial charge in [-0.2, -0.15) is 0 Å². The average molecular weight is 373 g/mol. The highest BCUT2D eigenvalue weighted by atomic mass is 35.5. The van der Waals surface area contributed by atoms with E-state index in [2.05, 4.69) is 20.6 Å². The molecule has 2 heterocycles. The number of carbonyl (C=O) groups excluding carboxylic acids is 1. The Hall–Kier alpha value is -1.98. The molecule has 1 aromatic carbocycles. The topological polar surface area (TPSA) is 66.9 Å². The molecule has 2 aliphatic rings. The maximum atomic E-state index is 13.1. The zero-order valence-corrected chi connectivity index (χ0v) is 15.8. The first-order valence-corrected chi connectivity index (χ1v) is 9.10. The number of hydrogen-bond acceptors (Lipinski definition) is 4. The second-order valence-electron chi connectivity index (χ2n) is 7.29. The van der Waals surface area contributed by atoms with Gasteiger partial charge in [-0.25, -0.2) is 9.97 Å². The Kier molecular flexibility index (Phi) is 5.58. The molecule has 1 aliphatic heterocycles. The molecule has 138 valence electrons. The van der Waals surface area contributed by atoms with E-state index in [1.54, 1.807) is 6.20 Å². The number of rotatable bonds is 3. The summed E-state index contributed by atoms with van der Waals surface area (Å²) in [6, 6.07) is 9.70. The summed E-state index contributed by atoms with van der Waals surface area (Å²) in [6.07, 6.45) is 6.28. The molecule has 0 bridgehead atoms. The first-order chi connectivity index (χ1) is 12.2. The monoisotopic (exact) mass is 372 g/mol. The van der Waals surface area contributed by atoms with Crippen LogP contribution in [0.15, 0.2) is 36.5 Å². The normalized spacial score (nSPS) is 24.4. The molecule has 2 fully saturated rings. The number of anilines is 1. The number of aryl methyl sites for hydroxylation is 1. The second kappa shape index (κ2) is 7.72. The fourth-order valence-electron chi connectivity index (χ4n) is 4.27. The molecular weight excluding hydrogens is 348 g/mol. The van der Waals surface area contributed by atoms with Gasteiger partial charge in [0.15, 0.2) is 5.82 Å². The van der Waals surface area contributed by atoms with Crippen molar-refractivity contribution in [1.29, 1.82) is 0 Å². The summed E-state index contributed by atoms with van der Waals surface area (Å²) in [4.78, 5) is 21.9. The van der Waals surface area contributed by atoms with Gasteiger partial charge in [0.25, 0.3) is 0 Å². The van der Waals surface area contributed by atoms with Crippen LogP contribution >= 0.6 is 12.4 Å². The van der Waals surface area contributed by atoms with Gasteiger partial charge in [0.1, 0.15) is 0 Å². The molecule has 1 aromatic heterocycles. The number of halogens is 1. The first-order valence-electron chi connectivity index (χ1n) is 9.10. The van der Waals surface area contributed by atoms with Gasteiger partial charge in [0.05, 0.1) is 5.41 Å². The van der Waals surface area contributed by atoms with Gasteiger partial charge in [0, 0.05) is 29.7 Å². The zero-order chi connectivity index (χ0) is 17.3. The maximum Gasteiger partial charge on any atom is 0.232 e. The lowest BCUT2D eigenvalue weighted by Gasteiger charge is -2.37. The van der Waals surface area contributed by atoms with E-state index in [0.29, 0.717) is 11.7 Å². The number of nitrogens with one attached hydrogen (secondary N) is 2. The van der Waals surface area contributed by atoms with Gasteiger partial charge in [-0.1, -0.05) is 25.0 Å². The lowest BCUT2D eigenvalue weighted by Crippen LogP contribution is -2.44. The van der Waals surface area contributed by atoms with Crippen LogP contribution in [0.4, 0.5) is 5.69 Å². The predicted molar refractivity (Wildman–Crippen MR) is 105 cm³/mol. The van der Waals surface area contributed by atoms with Crippen LogP contribution in [-0.4, -0.2) is 29.0 Å². The molecule has 5 nitrogen and oxygen atoms in total. The van der Waals surface area contributed by atoms with Crippen LogP contribution in [0.1, 0.15) is 31.4 Å². The van der Waals surface area contributed by atoms with Crippen LogP contribution in [-0.2, 0) is 4.79 Å². The quantitative estimate of drug-likeness (QED) is 0.864. The van der Waals surface area contributed by atoms with E-state index in [0.717, 1.165) is 49.3 Å². The van der Waals surface area contributed by atoms with Crippen LogP contribution in [0, 0.1) is 18.3 Å². The number of hydrogen-bond donors (Lipinski definition) is 2. The molecule has 6 heteroatoms. The molecule has 0 radical (unpaired) electrons. The number of aromatic nitrogens is 2. The van der Waals surface area contributed by atoms with Crippen molar-refractivity contribution in [2.24, 2.45) is 11.3 Å². The lowest BCUT2D eigenvalue weighted by molar-refractivity contribution is -0.128. The highest BCUT2D eigenvalue weighted by Crippen LogP contribution is 2.44. The van der Waals surface area contributed by atoms with E-state index in [9.17, 15) is 4.79 Å². The van der Waals surface area contributed by atoms with Crippen molar-refractivity contribution in [2.45, 2.75) is 32.6 Å². The zero-order valence-electron chi connectivity index (χ0n) is 15.0. The SMILES string of the molecule is Cc1ccnc(-c2cccc(NC(=O)[C@@]34CCCC[C@H]3CNC4)c2)n1.Cl. The number of amides is 1. The Morgan fingerprint density at radius 1 is 1.31 bits per heavy atom. The van der Waals surface area contributed by atoms with Crippen molar-refractivity contribution in [3.63, 3.8) is 0 Å². The van der Waals surface area contributed by atoms with Crippen LogP contribution in [0.5, 0.6) is 0 Å². The molecular formula is C20H25ClN4O. The molecule has 0 spiro atoms. The predicted octanol–water partition coefficient (Wildman–Crippen LogP) is 3.59. The number of benzene rings is 1. The molecule has 1 amide bonds. The van der Waals surface area contributed by atoms with Crippen molar-refractivity contribution in [2.75, 3.05) is 18.4 Å². The van der Waals surface area contributed by atoms with E-state index >= 15 is 0 Å². The van der Waals surface area contributed by atoms with Crippen molar-refractivity contribution >= 4 is 24.0 Å². The highest BCUT2D eigenvalue weighted by Gasteiger charge is 2.49. The molecule has 2 N–H and O–H groups in total. The lowest BCUT2D eigenvalue weighted by atomic mass is 9.67. The maximum absolute atomic E-state index is 13.1. The molecule has 2 atom stereocenters. The van der Waals surface area contributed by atoms with Gasteiger partial charge in [-0.05, 0) is 50.4 Å². The molecule has 2 aromatic rings. The Labute approximate surface area is 160 Å². The largest absolute Gasteiger partial charge is 0.326 e. The average Bonchev–Trinajstić information content (AvgIpc) is 3.07. The van der Waals surface area contributed by atoms with Crippen molar-refractivity contribution in [1.82, 2.24) is 15.3 Å². The van der Waals surface area contributed by atoms with Crippen LogP contribution in [0.25, 0.3) is 11.4 Å². The summed E-state index contributed by atoms with van der Waals surface area (Å²) >= 11 is 0. The van der Waals surface area contributed by atoms with E-state index in [1.165, 1.54) is 6.42 Å². The molecule has 1 aliphatic carbocycles. The number of nitrogens with zero attached hydrogens (tertiary/aromatic N) is 2. The molecule has 4 rings (SSSR count). The third-order valence-electron chi connectivity index (χ3n) is 5.66. The number of carbonyl (C=O) groups is 1. The van der Waals surface area contributed by atoms with Crippen LogP contribution in [0.2, 0.25) is 0 Å². The minimum Gasteiger partial charge on any atom is -0.326 e. The fraction of sp³-hybridized carbons (Fsp3) is 0.450. The van der Waals surface area contributed by atoms with Crippen molar-refractivity contribution < 1.29 is 4.79 Å². The molecule has 1 saturated heterocycles. The van der Waals surface area contributed by atoms with Crippen molar-refractivity contribution in [3.05, 3.63) is 42.2 Å². The molecule has 26 heavy (non-hydrogen) atoms. The third kappa shape index (κ3) is 3.46. The van der Waals surface area contributed by atoms with E-state index in [1.807, 2.05) is 37.3 Å².